The first-order chi connectivity index (χ1) is 10.1. The van der Waals surface area contributed by atoms with Crippen LogP contribution in [0.3, 0.4) is 0 Å². The summed E-state index contributed by atoms with van der Waals surface area (Å²) in [5.74, 6) is 1.01. The molecule has 0 aliphatic carbocycles. The molecule has 0 aliphatic heterocycles. The van der Waals surface area contributed by atoms with Crippen LogP contribution < -0.4 is 10.1 Å². The number of furan rings is 1. The maximum Gasteiger partial charge on any atom is 0.258 e. The number of ether oxygens (including phenoxy) is 1. The molecule has 0 spiro atoms. The van der Waals surface area contributed by atoms with Gasteiger partial charge < -0.3 is 19.6 Å². The van der Waals surface area contributed by atoms with E-state index >= 15 is 0 Å². The molecule has 1 aromatic heterocycles. The zero-order chi connectivity index (χ0) is 15.2. The van der Waals surface area contributed by atoms with Gasteiger partial charge in [0.15, 0.2) is 6.61 Å². The Hall–Kier alpha value is -2.27. The highest BCUT2D eigenvalue weighted by Crippen LogP contribution is 2.18. The molecule has 0 saturated carbocycles. The fraction of sp³-hybridized carbons (Fsp3) is 0.312. The van der Waals surface area contributed by atoms with E-state index in [-0.39, 0.29) is 18.6 Å². The van der Waals surface area contributed by atoms with Gasteiger partial charge in [-0.1, -0.05) is 12.1 Å². The van der Waals surface area contributed by atoms with E-state index in [0.717, 1.165) is 5.56 Å². The second-order valence-electron chi connectivity index (χ2n) is 4.84. The van der Waals surface area contributed by atoms with Crippen LogP contribution in [0.15, 0.2) is 47.1 Å². The molecule has 0 aliphatic rings. The van der Waals surface area contributed by atoms with E-state index in [1.807, 2.05) is 6.92 Å². The average molecular weight is 289 g/mol. The molecule has 5 heteroatoms. The van der Waals surface area contributed by atoms with Crippen molar-refractivity contribution in [2.24, 2.45) is 0 Å². The number of aliphatic hydroxyl groups excluding tert-OH is 1. The van der Waals surface area contributed by atoms with Gasteiger partial charge in [-0.2, -0.15) is 0 Å². The summed E-state index contributed by atoms with van der Waals surface area (Å²) in [5.41, 5.74) is 0.747. The second-order valence-corrected chi connectivity index (χ2v) is 4.84. The molecule has 1 amide bonds. The lowest BCUT2D eigenvalue weighted by atomic mass is 10.1. The van der Waals surface area contributed by atoms with E-state index in [1.54, 1.807) is 49.6 Å². The van der Waals surface area contributed by atoms with Gasteiger partial charge in [0.2, 0.25) is 0 Å². The number of rotatable bonds is 6. The fourth-order valence-electron chi connectivity index (χ4n) is 1.91. The summed E-state index contributed by atoms with van der Waals surface area (Å²) in [6.45, 7) is 3.43. The highest BCUT2D eigenvalue weighted by Gasteiger charge is 2.12. The molecule has 1 aromatic carbocycles. The first-order valence-corrected chi connectivity index (χ1v) is 6.80. The Kier molecular flexibility index (Phi) is 5.00. The number of nitrogens with one attached hydrogen (secondary N) is 1. The van der Waals surface area contributed by atoms with E-state index in [9.17, 15) is 9.90 Å². The number of hydrogen-bond donors (Lipinski definition) is 2. The van der Waals surface area contributed by atoms with Crippen molar-refractivity contribution in [1.82, 2.24) is 5.32 Å². The highest BCUT2D eigenvalue weighted by atomic mass is 16.5. The van der Waals surface area contributed by atoms with E-state index in [2.05, 4.69) is 5.32 Å². The van der Waals surface area contributed by atoms with Crippen molar-refractivity contribution in [2.75, 3.05) is 6.61 Å². The molecule has 2 atom stereocenters. The van der Waals surface area contributed by atoms with E-state index < -0.39 is 6.10 Å². The lowest BCUT2D eigenvalue weighted by Gasteiger charge is -2.13. The van der Waals surface area contributed by atoms with Crippen molar-refractivity contribution in [2.45, 2.75) is 26.0 Å². The van der Waals surface area contributed by atoms with Gasteiger partial charge in [0, 0.05) is 0 Å². The molecule has 0 bridgehead atoms. The van der Waals surface area contributed by atoms with Crippen LogP contribution in [0, 0.1) is 0 Å². The molecule has 2 unspecified atom stereocenters. The molecule has 21 heavy (non-hydrogen) atoms. The molecular formula is C16H19NO4. The van der Waals surface area contributed by atoms with Crippen molar-refractivity contribution in [1.29, 1.82) is 0 Å². The molecule has 2 aromatic rings. The minimum atomic E-state index is -0.568. The highest BCUT2D eigenvalue weighted by molar-refractivity contribution is 5.77. The van der Waals surface area contributed by atoms with E-state index in [4.69, 9.17) is 9.15 Å². The van der Waals surface area contributed by atoms with Crippen LogP contribution in [-0.4, -0.2) is 17.6 Å². The largest absolute Gasteiger partial charge is 0.484 e. The fourth-order valence-corrected chi connectivity index (χ4v) is 1.91. The normalized spacial score (nSPS) is 13.5. The predicted octanol–water partition coefficient (Wildman–Crippen LogP) is 2.59. The van der Waals surface area contributed by atoms with Crippen LogP contribution in [0.5, 0.6) is 5.75 Å². The summed E-state index contributed by atoms with van der Waals surface area (Å²) in [6, 6.07) is 10.4. The topological polar surface area (TPSA) is 71.7 Å². The standard InChI is InChI=1S/C16H19NO4/c1-11(15-7-4-8-20-15)17-16(19)10-21-14-6-3-5-13(9-14)12(2)18/h3-9,11-12,18H,10H2,1-2H3,(H,17,19). The van der Waals surface area contributed by atoms with Crippen LogP contribution in [0.2, 0.25) is 0 Å². The van der Waals surface area contributed by atoms with Crippen LogP contribution >= 0.6 is 0 Å². The zero-order valence-corrected chi connectivity index (χ0v) is 12.1. The average Bonchev–Trinajstić information content (AvgIpc) is 2.99. The van der Waals surface area contributed by atoms with Crippen molar-refractivity contribution in [3.8, 4) is 5.75 Å². The first kappa shape index (κ1) is 15.1. The zero-order valence-electron chi connectivity index (χ0n) is 12.1. The monoisotopic (exact) mass is 289 g/mol. The summed E-state index contributed by atoms with van der Waals surface area (Å²) >= 11 is 0. The number of amides is 1. The van der Waals surface area contributed by atoms with Gasteiger partial charge in [0.25, 0.3) is 5.91 Å². The van der Waals surface area contributed by atoms with Crippen molar-refractivity contribution >= 4 is 5.91 Å². The third kappa shape index (κ3) is 4.36. The minimum absolute atomic E-state index is 0.0890. The summed E-state index contributed by atoms with van der Waals surface area (Å²) in [6.07, 6.45) is 0.997. The Morgan fingerprint density at radius 2 is 2.14 bits per heavy atom. The number of benzene rings is 1. The van der Waals surface area contributed by atoms with Gasteiger partial charge in [-0.25, -0.2) is 0 Å². The number of carbonyl (C=O) groups is 1. The van der Waals surface area contributed by atoms with Crippen molar-refractivity contribution in [3.05, 3.63) is 54.0 Å². The van der Waals surface area contributed by atoms with Crippen LogP contribution in [-0.2, 0) is 4.79 Å². The minimum Gasteiger partial charge on any atom is -0.484 e. The quantitative estimate of drug-likeness (QED) is 0.857. The molecule has 0 radical (unpaired) electrons. The van der Waals surface area contributed by atoms with Gasteiger partial charge in [0.1, 0.15) is 11.5 Å². The summed E-state index contributed by atoms with van der Waals surface area (Å²) in [7, 11) is 0. The smallest absolute Gasteiger partial charge is 0.258 e. The summed E-state index contributed by atoms with van der Waals surface area (Å²) in [4.78, 5) is 11.8. The second kappa shape index (κ2) is 6.95. The SMILES string of the molecule is CC(O)c1cccc(OCC(=O)NC(C)c2ccco2)c1. The molecular weight excluding hydrogens is 270 g/mol. The molecule has 5 nitrogen and oxygen atoms in total. The Morgan fingerprint density at radius 3 is 2.81 bits per heavy atom. The summed E-state index contributed by atoms with van der Waals surface area (Å²) < 4.78 is 10.6. The maximum atomic E-state index is 11.8. The predicted molar refractivity (Wildman–Crippen MR) is 77.8 cm³/mol. The van der Waals surface area contributed by atoms with Gasteiger partial charge in [-0.15, -0.1) is 0 Å². The molecule has 0 saturated heterocycles. The third-order valence-electron chi connectivity index (χ3n) is 3.06. The van der Waals surface area contributed by atoms with Gasteiger partial charge >= 0.3 is 0 Å². The Bertz CT molecular complexity index is 578. The van der Waals surface area contributed by atoms with Gasteiger partial charge in [0.05, 0.1) is 18.4 Å². The van der Waals surface area contributed by atoms with E-state index in [1.165, 1.54) is 0 Å². The van der Waals surface area contributed by atoms with Crippen molar-refractivity contribution < 1.29 is 19.1 Å². The van der Waals surface area contributed by atoms with E-state index in [0.29, 0.717) is 11.5 Å². The Balaban J connectivity index is 1.85. The molecule has 112 valence electrons. The maximum absolute atomic E-state index is 11.8. The van der Waals surface area contributed by atoms with Gasteiger partial charge in [-0.05, 0) is 43.7 Å². The lowest BCUT2D eigenvalue weighted by molar-refractivity contribution is -0.123. The Labute approximate surface area is 123 Å². The lowest BCUT2D eigenvalue weighted by Crippen LogP contribution is -2.31. The van der Waals surface area contributed by atoms with Crippen LogP contribution in [0.4, 0.5) is 0 Å². The number of hydrogen-bond acceptors (Lipinski definition) is 4. The Morgan fingerprint density at radius 1 is 1.33 bits per heavy atom. The molecule has 2 N–H and O–H groups in total. The first-order valence-electron chi connectivity index (χ1n) is 6.80. The molecule has 0 fully saturated rings. The number of carbonyl (C=O) groups excluding carboxylic acids is 1. The third-order valence-corrected chi connectivity index (χ3v) is 3.06. The molecule has 1 heterocycles. The summed E-state index contributed by atoms with van der Waals surface area (Å²) in [5, 5.41) is 12.3. The molecule has 2 rings (SSSR count). The number of aliphatic hydroxyl groups is 1. The van der Waals surface area contributed by atoms with Gasteiger partial charge in [-0.3, -0.25) is 4.79 Å². The van der Waals surface area contributed by atoms with Crippen molar-refractivity contribution in [3.63, 3.8) is 0 Å². The van der Waals surface area contributed by atoms with Crippen LogP contribution in [0.1, 0.15) is 37.3 Å². The van der Waals surface area contributed by atoms with Crippen LogP contribution in [0.25, 0.3) is 0 Å².